The number of aryl methyl sites for hydroxylation is 1. The molecule has 4 rings (SSSR count). The average molecular weight is 453 g/mol. The van der Waals surface area contributed by atoms with Crippen LogP contribution in [0.4, 0.5) is 10.1 Å². The molecule has 164 valence electrons. The highest BCUT2D eigenvalue weighted by Gasteiger charge is 2.48. The summed E-state index contributed by atoms with van der Waals surface area (Å²) in [6.45, 7) is 1.87. The molecule has 1 N–H and O–H groups in total. The first-order valence-corrected chi connectivity index (χ1v) is 10.6. The minimum atomic E-state index is -0.864. The van der Waals surface area contributed by atoms with E-state index in [1.165, 1.54) is 54.7 Å². The van der Waals surface area contributed by atoms with E-state index in [9.17, 15) is 19.1 Å². The maximum absolute atomic E-state index is 13.4. The van der Waals surface area contributed by atoms with Crippen LogP contribution in [0, 0.1) is 12.7 Å². The minimum absolute atomic E-state index is 0.0612. The van der Waals surface area contributed by atoms with Crippen molar-refractivity contribution in [2.24, 2.45) is 0 Å². The molecule has 0 spiro atoms. The molecule has 1 aliphatic heterocycles. The highest BCUT2D eigenvalue weighted by Crippen LogP contribution is 2.46. The van der Waals surface area contributed by atoms with E-state index < -0.39 is 23.5 Å². The van der Waals surface area contributed by atoms with Crippen LogP contribution in [0.2, 0.25) is 0 Å². The predicted molar refractivity (Wildman–Crippen MR) is 120 cm³/mol. The fourth-order valence-corrected chi connectivity index (χ4v) is 4.73. The van der Waals surface area contributed by atoms with Crippen molar-refractivity contribution in [3.8, 4) is 11.5 Å². The molecule has 0 aliphatic carbocycles. The SMILES string of the molecule is COc1cc(OC)cc(N2C(=O)C(=O)/C(=C(\O)c3ccc(F)cc3)C2c2sccc2C)c1. The highest BCUT2D eigenvalue weighted by atomic mass is 32.1. The van der Waals surface area contributed by atoms with E-state index in [1.807, 2.05) is 18.4 Å². The van der Waals surface area contributed by atoms with Crippen LogP contribution in [0.1, 0.15) is 22.0 Å². The Morgan fingerprint density at radius 3 is 2.19 bits per heavy atom. The number of ketones is 1. The molecule has 1 amide bonds. The molecule has 3 aromatic rings. The molecule has 6 nitrogen and oxygen atoms in total. The van der Waals surface area contributed by atoms with Crippen molar-refractivity contribution < 1.29 is 28.6 Å². The molecule has 2 aromatic carbocycles. The van der Waals surface area contributed by atoms with Gasteiger partial charge in [0.15, 0.2) is 0 Å². The zero-order chi connectivity index (χ0) is 23.0. The van der Waals surface area contributed by atoms with E-state index >= 15 is 0 Å². The van der Waals surface area contributed by atoms with Gasteiger partial charge in [-0.3, -0.25) is 14.5 Å². The highest BCUT2D eigenvalue weighted by molar-refractivity contribution is 7.10. The zero-order valence-corrected chi connectivity index (χ0v) is 18.4. The van der Waals surface area contributed by atoms with Gasteiger partial charge in [0.05, 0.1) is 25.5 Å². The van der Waals surface area contributed by atoms with E-state index in [1.54, 1.807) is 18.2 Å². The lowest BCUT2D eigenvalue weighted by Crippen LogP contribution is -2.29. The summed E-state index contributed by atoms with van der Waals surface area (Å²) >= 11 is 1.37. The summed E-state index contributed by atoms with van der Waals surface area (Å²) in [5.41, 5.74) is 1.44. The Kier molecular flexibility index (Phi) is 5.71. The lowest BCUT2D eigenvalue weighted by atomic mass is 9.98. The van der Waals surface area contributed by atoms with Gasteiger partial charge in [0.25, 0.3) is 11.7 Å². The molecule has 1 aliphatic rings. The fourth-order valence-electron chi connectivity index (χ4n) is 3.71. The molecule has 1 fully saturated rings. The standard InChI is InChI=1S/C24H20FNO5S/c1-13-8-9-32-23(13)20-19(21(27)14-4-6-15(25)7-5-14)22(28)24(29)26(20)16-10-17(30-2)12-18(11-16)31-3/h4-12,20,27H,1-3H3/b21-19-. The number of benzene rings is 2. The van der Waals surface area contributed by atoms with Gasteiger partial charge >= 0.3 is 0 Å². The van der Waals surface area contributed by atoms with Crippen molar-refractivity contribution in [2.75, 3.05) is 19.1 Å². The molecule has 0 radical (unpaired) electrons. The Bertz CT molecular complexity index is 1210. The van der Waals surface area contributed by atoms with E-state index in [0.717, 1.165) is 10.4 Å². The zero-order valence-electron chi connectivity index (χ0n) is 17.6. The maximum Gasteiger partial charge on any atom is 0.300 e. The van der Waals surface area contributed by atoms with Gasteiger partial charge in [-0.1, -0.05) is 0 Å². The second-order valence-electron chi connectivity index (χ2n) is 7.21. The van der Waals surface area contributed by atoms with Crippen LogP contribution in [0.15, 0.2) is 59.5 Å². The first-order valence-electron chi connectivity index (χ1n) is 9.69. The predicted octanol–water partition coefficient (Wildman–Crippen LogP) is 4.84. The van der Waals surface area contributed by atoms with Gasteiger partial charge in [-0.05, 0) is 48.2 Å². The number of Topliss-reactive ketones (excluding diaryl/α,β-unsaturated/α-hetero) is 1. The molecular formula is C24H20FNO5S. The van der Waals surface area contributed by atoms with Crippen LogP contribution in [0.5, 0.6) is 11.5 Å². The van der Waals surface area contributed by atoms with Crippen LogP contribution >= 0.6 is 11.3 Å². The first-order chi connectivity index (χ1) is 15.3. The van der Waals surface area contributed by atoms with Crippen LogP contribution in [0.25, 0.3) is 5.76 Å². The van der Waals surface area contributed by atoms with Gasteiger partial charge in [-0.15, -0.1) is 11.3 Å². The smallest absolute Gasteiger partial charge is 0.300 e. The lowest BCUT2D eigenvalue weighted by Gasteiger charge is -2.25. The number of nitrogens with zero attached hydrogens (tertiary/aromatic N) is 1. The molecular weight excluding hydrogens is 433 g/mol. The van der Waals surface area contributed by atoms with Crippen LogP contribution in [-0.2, 0) is 9.59 Å². The van der Waals surface area contributed by atoms with Crippen molar-refractivity contribution in [1.29, 1.82) is 0 Å². The number of hydrogen-bond donors (Lipinski definition) is 1. The lowest BCUT2D eigenvalue weighted by molar-refractivity contribution is -0.132. The molecule has 8 heteroatoms. The van der Waals surface area contributed by atoms with Gasteiger partial charge in [0.1, 0.15) is 29.1 Å². The second-order valence-corrected chi connectivity index (χ2v) is 8.16. The number of rotatable bonds is 5. The molecule has 1 saturated heterocycles. The third-order valence-corrected chi connectivity index (χ3v) is 6.40. The number of aliphatic hydroxyl groups is 1. The van der Waals surface area contributed by atoms with Gasteiger partial charge in [-0.2, -0.15) is 0 Å². The Morgan fingerprint density at radius 1 is 1.03 bits per heavy atom. The van der Waals surface area contributed by atoms with E-state index in [-0.39, 0.29) is 16.9 Å². The topological polar surface area (TPSA) is 76.1 Å². The van der Waals surface area contributed by atoms with Crippen LogP contribution < -0.4 is 14.4 Å². The number of methoxy groups -OCH3 is 2. The number of aliphatic hydroxyl groups excluding tert-OH is 1. The Morgan fingerprint density at radius 2 is 1.66 bits per heavy atom. The monoisotopic (exact) mass is 453 g/mol. The number of carbonyl (C=O) groups excluding carboxylic acids is 2. The number of halogens is 1. The summed E-state index contributed by atoms with van der Waals surface area (Å²) in [4.78, 5) is 28.4. The number of carbonyl (C=O) groups is 2. The number of thiophene rings is 1. The molecule has 0 bridgehead atoms. The van der Waals surface area contributed by atoms with E-state index in [2.05, 4.69) is 0 Å². The van der Waals surface area contributed by atoms with Crippen LogP contribution in [-0.4, -0.2) is 31.0 Å². The van der Waals surface area contributed by atoms with Crippen molar-refractivity contribution in [3.63, 3.8) is 0 Å². The quantitative estimate of drug-likeness (QED) is 0.340. The molecule has 1 unspecified atom stereocenters. The maximum atomic E-state index is 13.4. The van der Waals surface area contributed by atoms with Gasteiger partial charge in [0, 0.05) is 28.6 Å². The van der Waals surface area contributed by atoms with Crippen molar-refractivity contribution >= 4 is 34.5 Å². The number of ether oxygens (including phenoxy) is 2. The molecule has 0 saturated carbocycles. The molecule has 2 heterocycles. The number of anilines is 1. The third-order valence-electron chi connectivity index (χ3n) is 5.33. The fraction of sp³-hybridized carbons (Fsp3) is 0.167. The molecule has 32 heavy (non-hydrogen) atoms. The van der Waals surface area contributed by atoms with E-state index in [4.69, 9.17) is 9.47 Å². The van der Waals surface area contributed by atoms with Crippen molar-refractivity contribution in [2.45, 2.75) is 13.0 Å². The van der Waals surface area contributed by atoms with Gasteiger partial charge in [0.2, 0.25) is 0 Å². The Balaban J connectivity index is 1.96. The van der Waals surface area contributed by atoms with Crippen molar-refractivity contribution in [1.82, 2.24) is 0 Å². The molecule has 1 aromatic heterocycles. The summed E-state index contributed by atoms with van der Waals surface area (Å²) in [5.74, 6) is -1.56. The first kappa shape index (κ1) is 21.6. The van der Waals surface area contributed by atoms with Crippen molar-refractivity contribution in [3.05, 3.63) is 81.3 Å². The average Bonchev–Trinajstić information content (AvgIpc) is 3.33. The largest absolute Gasteiger partial charge is 0.507 e. The minimum Gasteiger partial charge on any atom is -0.507 e. The number of amides is 1. The summed E-state index contributed by atoms with van der Waals surface area (Å²) in [7, 11) is 2.98. The summed E-state index contributed by atoms with van der Waals surface area (Å²) < 4.78 is 24.0. The summed E-state index contributed by atoms with van der Waals surface area (Å²) in [6.07, 6.45) is 0. The summed E-state index contributed by atoms with van der Waals surface area (Å²) in [5, 5.41) is 12.9. The third kappa shape index (κ3) is 3.62. The van der Waals surface area contributed by atoms with E-state index in [0.29, 0.717) is 17.2 Å². The van der Waals surface area contributed by atoms with Crippen LogP contribution in [0.3, 0.4) is 0 Å². The number of hydrogen-bond acceptors (Lipinski definition) is 6. The summed E-state index contributed by atoms with van der Waals surface area (Å²) in [6, 6.07) is 11.0. The molecule has 1 atom stereocenters. The Labute approximate surface area is 188 Å². The van der Waals surface area contributed by atoms with Gasteiger partial charge < -0.3 is 14.6 Å². The van der Waals surface area contributed by atoms with Gasteiger partial charge in [-0.25, -0.2) is 4.39 Å². The normalized spacial score (nSPS) is 17.6. The second kappa shape index (κ2) is 8.47. The Hall–Kier alpha value is -3.65.